The molecule has 2 aromatic rings. The van der Waals surface area contributed by atoms with Crippen LogP contribution in [0.25, 0.3) is 0 Å². The molecule has 5 heteroatoms. The van der Waals surface area contributed by atoms with E-state index < -0.39 is 5.97 Å². The van der Waals surface area contributed by atoms with Crippen molar-refractivity contribution in [2.45, 2.75) is 45.7 Å². The molecule has 0 saturated carbocycles. The Morgan fingerprint density at radius 2 is 2.00 bits per heavy atom. The van der Waals surface area contributed by atoms with Gasteiger partial charge in [-0.05, 0) is 32.3 Å². The van der Waals surface area contributed by atoms with Crippen LogP contribution < -0.4 is 5.32 Å². The van der Waals surface area contributed by atoms with Gasteiger partial charge in [-0.3, -0.25) is 9.48 Å². The van der Waals surface area contributed by atoms with E-state index in [0.29, 0.717) is 13.0 Å². The van der Waals surface area contributed by atoms with E-state index in [0.717, 1.165) is 17.8 Å². The maximum absolute atomic E-state index is 10.9. The van der Waals surface area contributed by atoms with Crippen molar-refractivity contribution in [3.05, 3.63) is 52.8 Å². The Bertz CT molecular complexity index is 650. The second-order valence-electron chi connectivity index (χ2n) is 5.97. The highest BCUT2D eigenvalue weighted by molar-refractivity contribution is 5.66. The number of nitrogens with zero attached hydrogens (tertiary/aromatic N) is 2. The van der Waals surface area contributed by atoms with Crippen molar-refractivity contribution in [3.8, 4) is 0 Å². The Morgan fingerprint density at radius 3 is 2.57 bits per heavy atom. The van der Waals surface area contributed by atoms with Crippen molar-refractivity contribution in [1.82, 2.24) is 15.1 Å². The molecule has 1 aromatic carbocycles. The molecule has 0 bridgehead atoms. The number of aliphatic carboxylic acids is 1. The van der Waals surface area contributed by atoms with Crippen molar-refractivity contribution in [3.63, 3.8) is 0 Å². The highest BCUT2D eigenvalue weighted by Gasteiger charge is 2.14. The zero-order chi connectivity index (χ0) is 16.8. The van der Waals surface area contributed by atoms with Crippen molar-refractivity contribution in [1.29, 1.82) is 0 Å². The molecule has 0 amide bonds. The molecule has 1 heterocycles. The third-order valence-corrected chi connectivity index (χ3v) is 4.26. The minimum absolute atomic E-state index is 0.132. The molecule has 0 radical (unpaired) electrons. The van der Waals surface area contributed by atoms with Crippen molar-refractivity contribution < 1.29 is 9.90 Å². The number of hydrogen-bond donors (Lipinski definition) is 2. The van der Waals surface area contributed by atoms with Crippen LogP contribution in [0, 0.1) is 13.8 Å². The third-order valence-electron chi connectivity index (χ3n) is 4.26. The predicted molar refractivity (Wildman–Crippen MR) is 90.3 cm³/mol. The molecule has 124 valence electrons. The van der Waals surface area contributed by atoms with Crippen LogP contribution in [-0.2, 0) is 24.8 Å². The molecule has 2 N–H and O–H groups in total. The van der Waals surface area contributed by atoms with E-state index in [1.54, 1.807) is 0 Å². The first kappa shape index (κ1) is 17.2. The van der Waals surface area contributed by atoms with Gasteiger partial charge in [0.05, 0.1) is 5.69 Å². The summed E-state index contributed by atoms with van der Waals surface area (Å²) >= 11 is 0. The van der Waals surface area contributed by atoms with Crippen LogP contribution in [0.15, 0.2) is 30.3 Å². The summed E-state index contributed by atoms with van der Waals surface area (Å²) in [6, 6.07) is 10.3. The number of aromatic nitrogens is 2. The van der Waals surface area contributed by atoms with Gasteiger partial charge in [-0.2, -0.15) is 5.10 Å². The molecule has 1 aromatic heterocycles. The molecule has 0 fully saturated rings. The highest BCUT2D eigenvalue weighted by atomic mass is 16.4. The van der Waals surface area contributed by atoms with Crippen LogP contribution in [0.5, 0.6) is 0 Å². The second-order valence-corrected chi connectivity index (χ2v) is 5.97. The van der Waals surface area contributed by atoms with E-state index in [9.17, 15) is 4.79 Å². The second kappa shape index (κ2) is 7.92. The Balaban J connectivity index is 2.03. The van der Waals surface area contributed by atoms with E-state index in [4.69, 9.17) is 5.11 Å². The lowest BCUT2D eigenvalue weighted by molar-refractivity contribution is -0.137. The van der Waals surface area contributed by atoms with E-state index in [-0.39, 0.29) is 12.5 Å². The zero-order valence-corrected chi connectivity index (χ0v) is 14.0. The molecule has 0 aliphatic carbocycles. The van der Waals surface area contributed by atoms with Crippen LogP contribution in [0.3, 0.4) is 0 Å². The zero-order valence-electron chi connectivity index (χ0n) is 14.0. The smallest absolute Gasteiger partial charge is 0.303 e. The fourth-order valence-electron chi connectivity index (χ4n) is 2.79. The first-order valence-corrected chi connectivity index (χ1v) is 7.95. The number of hydrogen-bond acceptors (Lipinski definition) is 3. The first-order chi connectivity index (χ1) is 11.0. The maximum Gasteiger partial charge on any atom is 0.303 e. The Labute approximate surface area is 137 Å². The topological polar surface area (TPSA) is 67.2 Å². The number of carbonyl (C=O) groups is 1. The van der Waals surface area contributed by atoms with E-state index in [2.05, 4.69) is 29.5 Å². The standard InChI is InChI=1S/C18H25N3O2/c1-13-17(14(2)21(3)20-13)12-19-16(9-10-18(22)23)11-15-7-5-4-6-8-15/h4-8,16,19H,9-12H2,1-3H3,(H,22,23). The lowest BCUT2D eigenvalue weighted by Crippen LogP contribution is -2.31. The number of benzene rings is 1. The first-order valence-electron chi connectivity index (χ1n) is 7.95. The van der Waals surface area contributed by atoms with E-state index >= 15 is 0 Å². The summed E-state index contributed by atoms with van der Waals surface area (Å²) in [6.45, 7) is 4.77. The van der Waals surface area contributed by atoms with Crippen LogP contribution in [0.1, 0.15) is 35.4 Å². The van der Waals surface area contributed by atoms with Crippen LogP contribution in [-0.4, -0.2) is 26.9 Å². The molecule has 0 saturated heterocycles. The number of carboxylic acids is 1. The van der Waals surface area contributed by atoms with E-state index in [1.807, 2.05) is 36.9 Å². The average Bonchev–Trinajstić information content (AvgIpc) is 2.76. The van der Waals surface area contributed by atoms with Gasteiger partial charge in [0.1, 0.15) is 0 Å². The van der Waals surface area contributed by atoms with Gasteiger partial charge in [-0.1, -0.05) is 30.3 Å². The van der Waals surface area contributed by atoms with Gasteiger partial charge in [-0.15, -0.1) is 0 Å². The summed E-state index contributed by atoms with van der Waals surface area (Å²) < 4.78 is 1.88. The molecule has 2 rings (SSSR count). The van der Waals surface area contributed by atoms with Crippen molar-refractivity contribution >= 4 is 5.97 Å². The summed E-state index contributed by atoms with van der Waals surface area (Å²) in [5.41, 5.74) is 4.58. The molecule has 0 aliphatic heterocycles. The fraction of sp³-hybridized carbons (Fsp3) is 0.444. The number of rotatable bonds is 8. The summed E-state index contributed by atoms with van der Waals surface area (Å²) in [5.74, 6) is -0.751. The number of carboxylic acid groups (broad SMARTS) is 1. The van der Waals surface area contributed by atoms with Crippen LogP contribution in [0.2, 0.25) is 0 Å². The molecule has 0 aliphatic rings. The molecule has 5 nitrogen and oxygen atoms in total. The SMILES string of the molecule is Cc1nn(C)c(C)c1CNC(CCC(=O)O)Cc1ccccc1. The number of aryl methyl sites for hydroxylation is 2. The average molecular weight is 315 g/mol. The Hall–Kier alpha value is -2.14. The van der Waals surface area contributed by atoms with Gasteiger partial charge in [0.2, 0.25) is 0 Å². The van der Waals surface area contributed by atoms with Gasteiger partial charge in [-0.25, -0.2) is 0 Å². The normalized spacial score (nSPS) is 12.3. The lowest BCUT2D eigenvalue weighted by atomic mass is 10.0. The monoisotopic (exact) mass is 315 g/mol. The lowest BCUT2D eigenvalue weighted by Gasteiger charge is -2.18. The van der Waals surface area contributed by atoms with Crippen LogP contribution >= 0.6 is 0 Å². The van der Waals surface area contributed by atoms with E-state index in [1.165, 1.54) is 11.1 Å². The van der Waals surface area contributed by atoms with Gasteiger partial charge in [0, 0.05) is 37.3 Å². The predicted octanol–water partition coefficient (Wildman–Crippen LogP) is 2.60. The Morgan fingerprint density at radius 1 is 1.30 bits per heavy atom. The van der Waals surface area contributed by atoms with Gasteiger partial charge in [0.15, 0.2) is 0 Å². The highest BCUT2D eigenvalue weighted by Crippen LogP contribution is 2.14. The summed E-state index contributed by atoms with van der Waals surface area (Å²) in [4.78, 5) is 10.9. The van der Waals surface area contributed by atoms with Gasteiger partial charge >= 0.3 is 5.97 Å². The summed E-state index contributed by atoms with van der Waals surface area (Å²) in [6.07, 6.45) is 1.62. The van der Waals surface area contributed by atoms with Gasteiger partial charge in [0.25, 0.3) is 0 Å². The molecule has 0 spiro atoms. The Kier molecular flexibility index (Phi) is 5.93. The maximum atomic E-state index is 10.9. The summed E-state index contributed by atoms with van der Waals surface area (Å²) in [7, 11) is 1.94. The quantitative estimate of drug-likeness (QED) is 0.786. The summed E-state index contributed by atoms with van der Waals surface area (Å²) in [5, 5.41) is 16.9. The molecule has 23 heavy (non-hydrogen) atoms. The van der Waals surface area contributed by atoms with Gasteiger partial charge < -0.3 is 10.4 Å². The fourth-order valence-corrected chi connectivity index (χ4v) is 2.79. The molecule has 1 atom stereocenters. The van der Waals surface area contributed by atoms with Crippen LogP contribution in [0.4, 0.5) is 0 Å². The van der Waals surface area contributed by atoms with Crippen molar-refractivity contribution in [2.75, 3.05) is 0 Å². The van der Waals surface area contributed by atoms with Crippen molar-refractivity contribution in [2.24, 2.45) is 7.05 Å². The largest absolute Gasteiger partial charge is 0.481 e. The number of nitrogens with one attached hydrogen (secondary N) is 1. The minimum Gasteiger partial charge on any atom is -0.481 e. The minimum atomic E-state index is -0.751. The third kappa shape index (κ3) is 4.93. The molecule has 1 unspecified atom stereocenters. The molecular formula is C18H25N3O2. The molecular weight excluding hydrogens is 290 g/mol.